The van der Waals surface area contributed by atoms with Gasteiger partial charge in [-0.15, -0.1) is 24.0 Å². The molecule has 0 amide bonds. The molecule has 1 nitrogen and oxygen atoms in total. The van der Waals surface area contributed by atoms with E-state index in [1.165, 1.54) is 0 Å². The van der Waals surface area contributed by atoms with E-state index in [0.717, 1.165) is 17.0 Å². The molecule has 62 valence electrons. The van der Waals surface area contributed by atoms with Gasteiger partial charge in [-0.05, 0) is 31.5 Å². The van der Waals surface area contributed by atoms with Gasteiger partial charge in [-0.3, -0.25) is 4.98 Å². The van der Waals surface area contributed by atoms with Gasteiger partial charge in [0.2, 0.25) is 0 Å². The van der Waals surface area contributed by atoms with Crippen LogP contribution in [-0.2, 0) is 5.88 Å². The molecule has 0 N–H and O–H groups in total. The zero-order chi connectivity index (χ0) is 7.56. The minimum Gasteiger partial charge on any atom is -0.258 e. The molecule has 0 saturated carbocycles. The molecule has 0 spiro atoms. The Morgan fingerprint density at radius 3 is 2.09 bits per heavy atom. The van der Waals surface area contributed by atoms with E-state index in [-0.39, 0.29) is 12.4 Å². The topological polar surface area (TPSA) is 12.9 Å². The second-order valence-electron chi connectivity index (χ2n) is 2.39. The number of hydrogen-bond acceptors (Lipinski definition) is 1. The van der Waals surface area contributed by atoms with Gasteiger partial charge in [0, 0.05) is 17.3 Å². The fourth-order valence-corrected chi connectivity index (χ4v) is 1.15. The highest BCUT2D eigenvalue weighted by atomic mass is 35.5. The molecule has 1 aromatic heterocycles. The molecule has 0 aromatic carbocycles. The van der Waals surface area contributed by atoms with Crippen LogP contribution in [0.2, 0.25) is 0 Å². The Hall–Kier alpha value is -0.270. The Bertz CT molecular complexity index is 215. The van der Waals surface area contributed by atoms with Crippen molar-refractivity contribution in [1.82, 2.24) is 4.98 Å². The summed E-state index contributed by atoms with van der Waals surface area (Å²) < 4.78 is 0. The highest BCUT2D eigenvalue weighted by Gasteiger charge is 1.93. The van der Waals surface area contributed by atoms with E-state index in [1.54, 1.807) is 0 Å². The Morgan fingerprint density at radius 2 is 1.73 bits per heavy atom. The molecule has 0 saturated heterocycles. The number of aryl methyl sites for hydroxylation is 2. The van der Waals surface area contributed by atoms with E-state index in [9.17, 15) is 0 Å². The first-order valence-electron chi connectivity index (χ1n) is 3.22. The van der Waals surface area contributed by atoms with E-state index in [0.29, 0.717) is 5.88 Å². The molecule has 11 heavy (non-hydrogen) atoms. The molecular weight excluding hydrogens is 181 g/mol. The molecule has 1 heterocycles. The summed E-state index contributed by atoms with van der Waals surface area (Å²) >= 11 is 5.64. The van der Waals surface area contributed by atoms with Crippen LogP contribution < -0.4 is 0 Å². The summed E-state index contributed by atoms with van der Waals surface area (Å²) in [5, 5.41) is 0. The van der Waals surface area contributed by atoms with Crippen molar-refractivity contribution in [1.29, 1.82) is 0 Å². The quantitative estimate of drug-likeness (QED) is 0.623. The third kappa shape index (κ3) is 3.08. The summed E-state index contributed by atoms with van der Waals surface area (Å²) in [5.41, 5.74) is 3.22. The second-order valence-corrected chi connectivity index (χ2v) is 2.66. The maximum absolute atomic E-state index is 5.64. The SMILES string of the molecule is Cc1cc(CCl)cc(C)n1.Cl. The minimum absolute atomic E-state index is 0. The van der Waals surface area contributed by atoms with Crippen molar-refractivity contribution in [2.75, 3.05) is 0 Å². The summed E-state index contributed by atoms with van der Waals surface area (Å²) in [6, 6.07) is 4.00. The molecule has 3 heteroatoms. The molecule has 0 fully saturated rings. The van der Waals surface area contributed by atoms with Gasteiger partial charge in [0.1, 0.15) is 0 Å². The fourth-order valence-electron chi connectivity index (χ4n) is 0.998. The van der Waals surface area contributed by atoms with Gasteiger partial charge in [-0.1, -0.05) is 0 Å². The first kappa shape index (κ1) is 10.7. The van der Waals surface area contributed by atoms with E-state index in [4.69, 9.17) is 11.6 Å². The molecule has 1 aromatic rings. The lowest BCUT2D eigenvalue weighted by Crippen LogP contribution is -1.88. The maximum Gasteiger partial charge on any atom is 0.0475 e. The van der Waals surface area contributed by atoms with Crippen molar-refractivity contribution in [3.05, 3.63) is 29.1 Å². The number of halogens is 2. The van der Waals surface area contributed by atoms with Crippen molar-refractivity contribution in [2.45, 2.75) is 19.7 Å². The maximum atomic E-state index is 5.64. The molecule has 0 aliphatic carbocycles. The van der Waals surface area contributed by atoms with Gasteiger partial charge in [-0.2, -0.15) is 0 Å². The van der Waals surface area contributed by atoms with Gasteiger partial charge in [0.25, 0.3) is 0 Å². The summed E-state index contributed by atoms with van der Waals surface area (Å²) in [6.45, 7) is 3.95. The Balaban J connectivity index is 0.000001000. The van der Waals surface area contributed by atoms with E-state index in [2.05, 4.69) is 4.98 Å². The van der Waals surface area contributed by atoms with Gasteiger partial charge >= 0.3 is 0 Å². The summed E-state index contributed by atoms with van der Waals surface area (Å²) in [4.78, 5) is 4.22. The van der Waals surface area contributed by atoms with Gasteiger partial charge in [0.05, 0.1) is 0 Å². The van der Waals surface area contributed by atoms with Crippen LogP contribution in [0.5, 0.6) is 0 Å². The van der Waals surface area contributed by atoms with Crippen LogP contribution in [0, 0.1) is 13.8 Å². The zero-order valence-electron chi connectivity index (χ0n) is 6.60. The molecule has 1 rings (SSSR count). The van der Waals surface area contributed by atoms with E-state index >= 15 is 0 Å². The third-order valence-corrected chi connectivity index (χ3v) is 1.60. The average Bonchev–Trinajstić information content (AvgIpc) is 1.85. The molecule has 0 atom stereocenters. The van der Waals surface area contributed by atoms with Crippen LogP contribution in [0.25, 0.3) is 0 Å². The average molecular weight is 192 g/mol. The van der Waals surface area contributed by atoms with Crippen LogP contribution in [0.3, 0.4) is 0 Å². The third-order valence-electron chi connectivity index (χ3n) is 1.30. The highest BCUT2D eigenvalue weighted by molar-refractivity contribution is 6.17. The van der Waals surface area contributed by atoms with Crippen LogP contribution >= 0.6 is 24.0 Å². The number of hydrogen-bond donors (Lipinski definition) is 0. The Kier molecular flexibility index (Phi) is 4.46. The van der Waals surface area contributed by atoms with Crippen molar-refractivity contribution in [3.8, 4) is 0 Å². The monoisotopic (exact) mass is 191 g/mol. The molecule has 0 radical (unpaired) electrons. The summed E-state index contributed by atoms with van der Waals surface area (Å²) in [6.07, 6.45) is 0. The first-order chi connectivity index (χ1) is 4.72. The van der Waals surface area contributed by atoms with E-state index in [1.807, 2.05) is 26.0 Å². The predicted molar refractivity (Wildman–Crippen MR) is 50.5 cm³/mol. The molecule has 0 bridgehead atoms. The molecule has 0 unspecified atom stereocenters. The lowest BCUT2D eigenvalue weighted by Gasteiger charge is -1.98. The van der Waals surface area contributed by atoms with E-state index < -0.39 is 0 Å². The second kappa shape index (κ2) is 4.58. The Labute approximate surface area is 78.2 Å². The van der Waals surface area contributed by atoms with Crippen LogP contribution in [0.15, 0.2) is 12.1 Å². The number of aromatic nitrogens is 1. The van der Waals surface area contributed by atoms with Crippen molar-refractivity contribution < 1.29 is 0 Å². The normalized spacial score (nSPS) is 9.00. The first-order valence-corrected chi connectivity index (χ1v) is 3.76. The standard InChI is InChI=1S/C8H10ClN.ClH/c1-6-3-8(5-9)4-7(2)10-6;/h3-4H,5H2,1-2H3;1H. The lowest BCUT2D eigenvalue weighted by atomic mass is 10.2. The number of pyridine rings is 1. The Morgan fingerprint density at radius 1 is 1.27 bits per heavy atom. The minimum atomic E-state index is 0. The number of nitrogens with zero attached hydrogens (tertiary/aromatic N) is 1. The van der Waals surface area contributed by atoms with Crippen molar-refractivity contribution in [2.24, 2.45) is 0 Å². The number of alkyl halides is 1. The van der Waals surface area contributed by atoms with Crippen molar-refractivity contribution >= 4 is 24.0 Å². The van der Waals surface area contributed by atoms with Crippen molar-refractivity contribution in [3.63, 3.8) is 0 Å². The summed E-state index contributed by atoms with van der Waals surface area (Å²) in [7, 11) is 0. The van der Waals surface area contributed by atoms with Crippen LogP contribution in [-0.4, -0.2) is 4.98 Å². The highest BCUT2D eigenvalue weighted by Crippen LogP contribution is 2.06. The van der Waals surface area contributed by atoms with Crippen LogP contribution in [0.4, 0.5) is 0 Å². The van der Waals surface area contributed by atoms with Gasteiger partial charge < -0.3 is 0 Å². The number of rotatable bonds is 1. The predicted octanol–water partition coefficient (Wildman–Crippen LogP) is 2.86. The van der Waals surface area contributed by atoms with Crippen LogP contribution in [0.1, 0.15) is 17.0 Å². The fraction of sp³-hybridized carbons (Fsp3) is 0.375. The molecule has 0 aliphatic rings. The zero-order valence-corrected chi connectivity index (χ0v) is 8.17. The van der Waals surface area contributed by atoms with Gasteiger partial charge in [-0.25, -0.2) is 0 Å². The lowest BCUT2D eigenvalue weighted by molar-refractivity contribution is 1.10. The molecular formula is C8H11Cl2N. The smallest absolute Gasteiger partial charge is 0.0475 e. The molecule has 0 aliphatic heterocycles. The summed E-state index contributed by atoms with van der Waals surface area (Å²) in [5.74, 6) is 0.574. The van der Waals surface area contributed by atoms with Gasteiger partial charge in [0.15, 0.2) is 0 Å². The largest absolute Gasteiger partial charge is 0.258 e.